The Morgan fingerprint density at radius 3 is 2.20 bits per heavy atom. The maximum atomic E-state index is 15.1. The van der Waals surface area contributed by atoms with Crippen molar-refractivity contribution in [2.75, 3.05) is 10.2 Å². The molecular weight excluding hydrogens is 515 g/mol. The third kappa shape index (κ3) is 4.06. The highest BCUT2D eigenvalue weighted by Crippen LogP contribution is 2.64. The van der Waals surface area contributed by atoms with Gasteiger partial charge in [0.1, 0.15) is 0 Å². The number of benzene rings is 2. The molecular formula is C33H39N4O2P. The molecule has 40 heavy (non-hydrogen) atoms. The maximum Gasteiger partial charge on any atom is 0.307 e. The Morgan fingerprint density at radius 2 is 1.52 bits per heavy atom. The number of aliphatic hydroxyl groups is 1. The van der Waals surface area contributed by atoms with E-state index < -0.39 is 7.44 Å². The minimum atomic E-state index is -3.46. The van der Waals surface area contributed by atoms with Crippen LogP contribution in [0.5, 0.6) is 0 Å². The fourth-order valence-corrected chi connectivity index (χ4v) is 11.0. The molecule has 4 aliphatic rings. The Balaban J connectivity index is 1.30. The van der Waals surface area contributed by atoms with E-state index in [1.165, 1.54) is 11.1 Å². The molecule has 3 aromatic rings. The summed E-state index contributed by atoms with van der Waals surface area (Å²) in [5, 5.41) is 26.3. The Hall–Kier alpha value is -2.95. The van der Waals surface area contributed by atoms with Crippen LogP contribution in [0, 0.1) is 23.2 Å². The molecule has 0 spiro atoms. The van der Waals surface area contributed by atoms with Crippen LogP contribution in [0.1, 0.15) is 63.5 Å². The van der Waals surface area contributed by atoms with E-state index in [1.807, 2.05) is 66.9 Å². The van der Waals surface area contributed by atoms with Crippen molar-refractivity contribution in [3.8, 4) is 0 Å². The second-order valence-corrected chi connectivity index (χ2v) is 15.0. The number of nitrogens with one attached hydrogen (secondary N) is 2. The van der Waals surface area contributed by atoms with Crippen LogP contribution in [-0.2, 0) is 16.4 Å². The second kappa shape index (κ2) is 9.56. The van der Waals surface area contributed by atoms with Gasteiger partial charge in [0.2, 0.25) is 0 Å². The normalized spacial score (nSPS) is 32.6. The first kappa shape index (κ1) is 26.0. The van der Waals surface area contributed by atoms with Crippen molar-refractivity contribution in [3.05, 3.63) is 89.6 Å². The van der Waals surface area contributed by atoms with Gasteiger partial charge in [0.15, 0.2) is 5.44 Å². The average molecular weight is 555 g/mol. The van der Waals surface area contributed by atoms with Gasteiger partial charge in [-0.2, -0.15) is 5.10 Å². The van der Waals surface area contributed by atoms with Gasteiger partial charge in [-0.3, -0.25) is 4.57 Å². The van der Waals surface area contributed by atoms with Crippen LogP contribution in [-0.4, -0.2) is 21.4 Å². The van der Waals surface area contributed by atoms with Gasteiger partial charge < -0.3 is 15.3 Å². The molecule has 0 radical (unpaired) electrons. The van der Waals surface area contributed by atoms with Crippen molar-refractivity contribution >= 4 is 24.3 Å². The van der Waals surface area contributed by atoms with Gasteiger partial charge >= 0.3 is 7.44 Å². The topological polar surface area (TPSA) is 87.1 Å². The van der Waals surface area contributed by atoms with Crippen molar-refractivity contribution in [1.29, 1.82) is 0 Å². The number of allylic oxidation sites excluding steroid dienone is 1. The van der Waals surface area contributed by atoms with Crippen LogP contribution in [0.25, 0.3) is 0 Å². The third-order valence-corrected chi connectivity index (χ3v) is 12.9. The van der Waals surface area contributed by atoms with E-state index in [-0.39, 0.29) is 16.9 Å². The zero-order valence-corrected chi connectivity index (χ0v) is 24.3. The number of anilines is 2. The Labute approximate surface area is 237 Å². The molecule has 0 bridgehead atoms. The molecule has 1 heterocycles. The van der Waals surface area contributed by atoms with Gasteiger partial charge in [0.25, 0.3) is 0 Å². The zero-order valence-electron chi connectivity index (χ0n) is 23.4. The molecule has 4 aliphatic carbocycles. The number of fused-ring (bicyclic) bond motifs is 7. The number of rotatable bonds is 5. The molecule has 0 saturated heterocycles. The van der Waals surface area contributed by atoms with Gasteiger partial charge in [0.05, 0.1) is 12.3 Å². The molecule has 1 aromatic heterocycles. The van der Waals surface area contributed by atoms with Crippen LogP contribution in [0.3, 0.4) is 0 Å². The summed E-state index contributed by atoms with van der Waals surface area (Å²) in [4.78, 5) is 0. The van der Waals surface area contributed by atoms with Crippen LogP contribution >= 0.6 is 7.44 Å². The van der Waals surface area contributed by atoms with E-state index >= 15 is 4.57 Å². The summed E-state index contributed by atoms with van der Waals surface area (Å²) in [5.74, 6) is 1.63. The quantitative estimate of drug-likeness (QED) is 0.236. The molecule has 3 N–H and O–H groups in total. The van der Waals surface area contributed by atoms with E-state index in [1.54, 1.807) is 0 Å². The van der Waals surface area contributed by atoms with Gasteiger partial charge in [-0.25, -0.2) is 0 Å². The van der Waals surface area contributed by atoms with Gasteiger partial charge in [-0.05, 0) is 109 Å². The Morgan fingerprint density at radius 1 is 0.875 bits per heavy atom. The summed E-state index contributed by atoms with van der Waals surface area (Å²) < 4.78 is 15.1. The van der Waals surface area contributed by atoms with E-state index in [4.69, 9.17) is 0 Å². The molecule has 208 valence electrons. The van der Waals surface area contributed by atoms with Crippen molar-refractivity contribution in [2.45, 2.75) is 70.3 Å². The molecule has 2 fully saturated rings. The smallest absolute Gasteiger partial charge is 0.307 e. The number of aliphatic hydroxyl groups excluding tert-OH is 1. The molecule has 2 saturated carbocycles. The number of hydrogen-bond acceptors (Lipinski definition) is 4. The van der Waals surface area contributed by atoms with Crippen LogP contribution in [0.15, 0.2) is 78.5 Å². The number of para-hydroxylation sites is 2. The predicted molar refractivity (Wildman–Crippen MR) is 161 cm³/mol. The van der Waals surface area contributed by atoms with E-state index in [0.29, 0.717) is 23.2 Å². The molecule has 0 unspecified atom stereocenters. The summed E-state index contributed by atoms with van der Waals surface area (Å²) in [6.45, 7) is 4.86. The lowest BCUT2D eigenvalue weighted by molar-refractivity contribution is -0.0161. The first-order valence-corrected chi connectivity index (χ1v) is 16.5. The first-order chi connectivity index (χ1) is 19.3. The Kier molecular flexibility index (Phi) is 6.21. The minimum Gasteiger partial charge on any atom is -0.393 e. The van der Waals surface area contributed by atoms with Gasteiger partial charge in [-0.15, -0.1) is 5.10 Å². The average Bonchev–Trinajstić information content (AvgIpc) is 3.27. The number of hydrogen-bond donors (Lipinski definition) is 3. The van der Waals surface area contributed by atoms with Crippen molar-refractivity contribution in [2.24, 2.45) is 23.2 Å². The standard InChI is InChI=1S/C33H39N4O2P/c1-32-17-15-26(38)20-23(32)13-14-27-28(32)16-18-33(2)29(27)19-22-21-34-35-31(30(22)33)40(39,36-24-9-5-3-6-10-24)37-25-11-7-4-8-12-25/h3-13,21,26-29,38H,14-20H2,1-2H3,(H2,36,37,39)/t26-,27+,28-,29-,32-,33-/m0/s1. The maximum absolute atomic E-state index is 15.1. The van der Waals surface area contributed by atoms with Crippen LogP contribution in [0.2, 0.25) is 0 Å². The van der Waals surface area contributed by atoms with Crippen molar-refractivity contribution in [3.63, 3.8) is 0 Å². The van der Waals surface area contributed by atoms with Crippen molar-refractivity contribution in [1.82, 2.24) is 10.2 Å². The van der Waals surface area contributed by atoms with Gasteiger partial charge in [0, 0.05) is 11.4 Å². The predicted octanol–water partition coefficient (Wildman–Crippen LogP) is 6.86. The SMILES string of the molecule is C[C@]12CC[C@H](O)CC1=CC[C@@H]1[C@@H]2CC[C@]2(C)c3c(cnnc3P(=O)(Nc3ccccc3)Nc3ccccc3)C[C@@H]12. The fraction of sp³-hybridized carbons (Fsp3) is 0.455. The molecule has 6 nitrogen and oxygen atoms in total. The highest BCUT2D eigenvalue weighted by atomic mass is 31.2. The molecule has 2 aromatic carbocycles. The first-order valence-electron chi connectivity index (χ1n) is 14.8. The fourth-order valence-electron chi connectivity index (χ4n) is 8.82. The highest BCUT2D eigenvalue weighted by molar-refractivity contribution is 7.74. The van der Waals surface area contributed by atoms with Crippen LogP contribution in [0.4, 0.5) is 11.4 Å². The monoisotopic (exact) mass is 554 g/mol. The molecule has 0 aliphatic heterocycles. The molecule has 6 atom stereocenters. The summed E-state index contributed by atoms with van der Waals surface area (Å²) in [6.07, 6.45) is 11.2. The largest absolute Gasteiger partial charge is 0.393 e. The van der Waals surface area contributed by atoms with Gasteiger partial charge in [-0.1, -0.05) is 61.9 Å². The van der Waals surface area contributed by atoms with E-state index in [2.05, 4.69) is 40.3 Å². The lowest BCUT2D eigenvalue weighted by Crippen LogP contribution is -2.51. The van der Waals surface area contributed by atoms with Crippen LogP contribution < -0.4 is 15.6 Å². The summed E-state index contributed by atoms with van der Waals surface area (Å²) in [6, 6.07) is 19.5. The number of nitrogens with zero attached hydrogens (tertiary/aromatic N) is 2. The summed E-state index contributed by atoms with van der Waals surface area (Å²) >= 11 is 0. The Bertz CT molecular complexity index is 1450. The van der Waals surface area contributed by atoms with E-state index in [9.17, 15) is 5.11 Å². The summed E-state index contributed by atoms with van der Waals surface area (Å²) in [5.41, 5.74) is 6.02. The number of aromatic nitrogens is 2. The molecule has 7 rings (SSSR count). The third-order valence-electron chi connectivity index (χ3n) is 10.8. The lowest BCUT2D eigenvalue weighted by atomic mass is 9.47. The van der Waals surface area contributed by atoms with E-state index in [0.717, 1.165) is 61.9 Å². The zero-order chi connectivity index (χ0) is 27.5. The minimum absolute atomic E-state index is 0.121. The summed E-state index contributed by atoms with van der Waals surface area (Å²) in [7, 11) is -3.46. The molecule has 0 amide bonds. The molecule has 7 heteroatoms. The van der Waals surface area contributed by atoms with Crippen molar-refractivity contribution < 1.29 is 9.67 Å². The highest BCUT2D eigenvalue weighted by Gasteiger charge is 2.59. The lowest BCUT2D eigenvalue weighted by Gasteiger charge is -2.57. The second-order valence-electron chi connectivity index (χ2n) is 12.9.